The summed E-state index contributed by atoms with van der Waals surface area (Å²) in [6.45, 7) is 2.63. The number of aryl methyl sites for hydroxylation is 1. The van der Waals surface area contributed by atoms with Crippen LogP contribution in [0.3, 0.4) is 0 Å². The average molecular weight is 348 g/mol. The largest absolute Gasteiger partial charge is 0.326 e. The van der Waals surface area contributed by atoms with Crippen molar-refractivity contribution in [3.05, 3.63) is 53.7 Å². The van der Waals surface area contributed by atoms with E-state index in [-0.39, 0.29) is 11.8 Å². The zero-order chi connectivity index (χ0) is 18.1. The lowest BCUT2D eigenvalue weighted by atomic mass is 10.0. The molecule has 2 heterocycles. The molecule has 0 saturated heterocycles. The summed E-state index contributed by atoms with van der Waals surface area (Å²) in [5, 5.41) is 10.9. The molecule has 0 bridgehead atoms. The molecule has 0 atom stereocenters. The monoisotopic (exact) mass is 348 g/mol. The van der Waals surface area contributed by atoms with Crippen LogP contribution in [-0.4, -0.2) is 28.6 Å². The van der Waals surface area contributed by atoms with Crippen LogP contribution in [0.4, 0.5) is 11.4 Å². The van der Waals surface area contributed by atoms with Gasteiger partial charge in [-0.2, -0.15) is 5.10 Å². The predicted molar refractivity (Wildman–Crippen MR) is 101 cm³/mol. The Kier molecular flexibility index (Phi) is 4.16. The Morgan fingerprint density at radius 2 is 2.12 bits per heavy atom. The van der Waals surface area contributed by atoms with E-state index in [1.54, 1.807) is 11.1 Å². The highest BCUT2D eigenvalue weighted by Crippen LogP contribution is 2.30. The number of benzene rings is 2. The first-order valence-corrected chi connectivity index (χ1v) is 8.79. The Morgan fingerprint density at radius 3 is 2.96 bits per heavy atom. The zero-order valence-corrected chi connectivity index (χ0v) is 14.6. The second kappa shape index (κ2) is 6.63. The highest BCUT2D eigenvalue weighted by Gasteiger charge is 2.22. The topological polar surface area (TPSA) is 78.1 Å². The number of anilines is 2. The second-order valence-corrected chi connectivity index (χ2v) is 6.50. The third-order valence-electron chi connectivity index (χ3n) is 4.75. The molecule has 0 spiro atoms. The van der Waals surface area contributed by atoms with Crippen LogP contribution in [0.2, 0.25) is 0 Å². The fourth-order valence-corrected chi connectivity index (χ4v) is 3.47. The minimum Gasteiger partial charge on any atom is -0.326 e. The van der Waals surface area contributed by atoms with Gasteiger partial charge in [-0.1, -0.05) is 12.1 Å². The maximum absolute atomic E-state index is 12.4. The molecular weight excluding hydrogens is 328 g/mol. The normalized spacial score (nSPS) is 13.7. The molecule has 2 amide bonds. The molecule has 1 aliphatic rings. The summed E-state index contributed by atoms with van der Waals surface area (Å²) >= 11 is 0. The van der Waals surface area contributed by atoms with Crippen molar-refractivity contribution in [1.29, 1.82) is 0 Å². The molecule has 6 nitrogen and oxygen atoms in total. The number of carbonyl (C=O) groups is 2. The smallest absolute Gasteiger partial charge is 0.228 e. The summed E-state index contributed by atoms with van der Waals surface area (Å²) in [5.41, 5.74) is 4.67. The van der Waals surface area contributed by atoms with Gasteiger partial charge in [0.15, 0.2) is 0 Å². The summed E-state index contributed by atoms with van der Waals surface area (Å²) in [7, 11) is 0. The van der Waals surface area contributed by atoms with Crippen LogP contribution < -0.4 is 10.2 Å². The van der Waals surface area contributed by atoms with Crippen molar-refractivity contribution in [2.24, 2.45) is 0 Å². The number of aromatic amines is 1. The van der Waals surface area contributed by atoms with Crippen molar-refractivity contribution < 1.29 is 9.59 Å². The van der Waals surface area contributed by atoms with Gasteiger partial charge in [-0.05, 0) is 48.7 Å². The molecule has 0 radical (unpaired) electrons. The molecule has 2 N–H and O–H groups in total. The van der Waals surface area contributed by atoms with E-state index in [1.807, 2.05) is 43.3 Å². The Labute approximate surface area is 151 Å². The van der Waals surface area contributed by atoms with E-state index in [9.17, 15) is 9.59 Å². The van der Waals surface area contributed by atoms with Gasteiger partial charge in [0.05, 0.1) is 18.1 Å². The highest BCUT2D eigenvalue weighted by atomic mass is 16.2. The van der Waals surface area contributed by atoms with Crippen molar-refractivity contribution >= 4 is 34.1 Å². The van der Waals surface area contributed by atoms with Crippen LogP contribution in [0.5, 0.6) is 0 Å². The standard InChI is InChI=1S/C20H20N4O2/c1-2-24-18-7-6-16(11-14(18)5-8-20(24)26)22-19(25)10-13-3-4-15-12-21-23-17(15)9-13/h3-4,6-7,9,11-12H,2,5,8,10H2,1H3,(H,21,23)(H,22,25). The summed E-state index contributed by atoms with van der Waals surface area (Å²) in [6, 6.07) is 11.6. The molecule has 0 aliphatic carbocycles. The van der Waals surface area contributed by atoms with Crippen LogP contribution in [0.1, 0.15) is 24.5 Å². The first-order chi connectivity index (χ1) is 12.6. The fourth-order valence-electron chi connectivity index (χ4n) is 3.47. The van der Waals surface area contributed by atoms with Crippen molar-refractivity contribution in [1.82, 2.24) is 10.2 Å². The maximum atomic E-state index is 12.4. The summed E-state index contributed by atoms with van der Waals surface area (Å²) < 4.78 is 0. The number of nitrogens with zero attached hydrogens (tertiary/aromatic N) is 2. The van der Waals surface area contributed by atoms with Gasteiger partial charge in [-0.25, -0.2) is 0 Å². The highest BCUT2D eigenvalue weighted by molar-refractivity contribution is 5.98. The minimum atomic E-state index is -0.0666. The van der Waals surface area contributed by atoms with Crippen molar-refractivity contribution in [3.63, 3.8) is 0 Å². The van der Waals surface area contributed by atoms with Crippen LogP contribution in [-0.2, 0) is 22.4 Å². The van der Waals surface area contributed by atoms with E-state index in [1.165, 1.54) is 0 Å². The molecule has 1 aromatic heterocycles. The molecule has 0 fully saturated rings. The van der Waals surface area contributed by atoms with Gasteiger partial charge in [0.2, 0.25) is 11.8 Å². The Balaban J connectivity index is 1.48. The van der Waals surface area contributed by atoms with Gasteiger partial charge in [0, 0.05) is 29.7 Å². The van der Waals surface area contributed by atoms with Gasteiger partial charge < -0.3 is 10.2 Å². The third-order valence-corrected chi connectivity index (χ3v) is 4.75. The van der Waals surface area contributed by atoms with Crippen molar-refractivity contribution in [2.45, 2.75) is 26.2 Å². The molecule has 0 unspecified atom stereocenters. The number of carbonyl (C=O) groups excluding carboxylic acids is 2. The van der Waals surface area contributed by atoms with Crippen LogP contribution in [0.15, 0.2) is 42.6 Å². The summed E-state index contributed by atoms with van der Waals surface area (Å²) in [6.07, 6.45) is 3.29. The van der Waals surface area contributed by atoms with Gasteiger partial charge in [-0.15, -0.1) is 0 Å². The molecule has 26 heavy (non-hydrogen) atoms. The number of fused-ring (bicyclic) bond motifs is 2. The predicted octanol–water partition coefficient (Wildman–Crippen LogP) is 3.04. The van der Waals surface area contributed by atoms with Crippen molar-refractivity contribution in [3.8, 4) is 0 Å². The quantitative estimate of drug-likeness (QED) is 0.761. The van der Waals surface area contributed by atoms with Gasteiger partial charge in [0.25, 0.3) is 0 Å². The molecule has 2 aromatic carbocycles. The lowest BCUT2D eigenvalue weighted by molar-refractivity contribution is -0.119. The van der Waals surface area contributed by atoms with E-state index in [4.69, 9.17) is 0 Å². The number of rotatable bonds is 4. The number of hydrogen-bond acceptors (Lipinski definition) is 3. The lowest BCUT2D eigenvalue weighted by Gasteiger charge is -2.28. The molecular formula is C20H20N4O2. The maximum Gasteiger partial charge on any atom is 0.228 e. The van der Waals surface area contributed by atoms with Crippen LogP contribution >= 0.6 is 0 Å². The minimum absolute atomic E-state index is 0.0666. The fraction of sp³-hybridized carbons (Fsp3) is 0.250. The van der Waals surface area contributed by atoms with E-state index in [2.05, 4.69) is 15.5 Å². The van der Waals surface area contributed by atoms with E-state index in [0.29, 0.717) is 25.8 Å². The number of hydrogen-bond donors (Lipinski definition) is 2. The molecule has 3 aromatic rings. The lowest BCUT2D eigenvalue weighted by Crippen LogP contribution is -2.34. The van der Waals surface area contributed by atoms with E-state index >= 15 is 0 Å². The SMILES string of the molecule is CCN1C(=O)CCc2cc(NC(=O)Cc3ccc4cn[nH]c4c3)ccc21. The zero-order valence-electron chi connectivity index (χ0n) is 14.6. The third kappa shape index (κ3) is 3.06. The number of aromatic nitrogens is 2. The summed E-state index contributed by atoms with van der Waals surface area (Å²) in [5.74, 6) is 0.0917. The van der Waals surface area contributed by atoms with Crippen molar-refractivity contribution in [2.75, 3.05) is 16.8 Å². The molecule has 4 rings (SSSR count). The second-order valence-electron chi connectivity index (χ2n) is 6.50. The summed E-state index contributed by atoms with van der Waals surface area (Å²) in [4.78, 5) is 26.2. The number of H-pyrrole nitrogens is 1. The first kappa shape index (κ1) is 16.3. The Bertz CT molecular complexity index is 992. The van der Waals surface area contributed by atoms with Gasteiger partial charge in [-0.3, -0.25) is 14.7 Å². The van der Waals surface area contributed by atoms with E-state index in [0.717, 1.165) is 33.4 Å². The first-order valence-electron chi connectivity index (χ1n) is 8.79. The van der Waals surface area contributed by atoms with Gasteiger partial charge >= 0.3 is 0 Å². The Hall–Kier alpha value is -3.15. The van der Waals surface area contributed by atoms with Gasteiger partial charge in [0.1, 0.15) is 0 Å². The average Bonchev–Trinajstić information content (AvgIpc) is 3.09. The molecule has 132 valence electrons. The molecule has 6 heteroatoms. The molecule has 0 saturated carbocycles. The van der Waals surface area contributed by atoms with Crippen LogP contribution in [0.25, 0.3) is 10.9 Å². The Morgan fingerprint density at radius 1 is 1.23 bits per heavy atom. The van der Waals surface area contributed by atoms with E-state index < -0.39 is 0 Å². The number of amides is 2. The van der Waals surface area contributed by atoms with Crippen LogP contribution in [0, 0.1) is 0 Å². The number of nitrogens with one attached hydrogen (secondary N) is 2. The molecule has 1 aliphatic heterocycles.